The minimum Gasteiger partial charge on any atom is -0.457 e. The minimum atomic E-state index is -0.654. The van der Waals surface area contributed by atoms with Crippen LogP contribution in [0, 0.1) is 5.82 Å². The minimum absolute atomic E-state index is 0.000955. The maximum Gasteiger partial charge on any atom is 0.363 e. The molecule has 0 spiro atoms. The van der Waals surface area contributed by atoms with Gasteiger partial charge in [-0.25, -0.2) is 14.2 Å². The van der Waals surface area contributed by atoms with Gasteiger partial charge in [-0.05, 0) is 66.2 Å². The molecule has 3 aromatic rings. The molecule has 0 radical (unpaired) electrons. The predicted molar refractivity (Wildman–Crippen MR) is 116 cm³/mol. The molecule has 0 bridgehead atoms. The van der Waals surface area contributed by atoms with Crippen molar-refractivity contribution in [3.63, 3.8) is 0 Å². The third kappa shape index (κ3) is 5.01. The van der Waals surface area contributed by atoms with Crippen LogP contribution in [-0.2, 0) is 14.3 Å². The van der Waals surface area contributed by atoms with Crippen LogP contribution in [0.3, 0.4) is 0 Å². The smallest absolute Gasteiger partial charge is 0.363 e. The Morgan fingerprint density at radius 1 is 1.03 bits per heavy atom. The van der Waals surface area contributed by atoms with Crippen molar-refractivity contribution in [1.29, 1.82) is 0 Å². The maximum atomic E-state index is 13.1. The molecule has 0 N–H and O–H groups in total. The van der Waals surface area contributed by atoms with Crippen molar-refractivity contribution in [1.82, 2.24) is 0 Å². The van der Waals surface area contributed by atoms with Gasteiger partial charge < -0.3 is 14.2 Å². The van der Waals surface area contributed by atoms with E-state index >= 15 is 0 Å². The predicted octanol–water partition coefficient (Wildman–Crippen LogP) is 5.54. The molecular weight excluding hydrogens is 437 g/mol. The van der Waals surface area contributed by atoms with Crippen LogP contribution in [-0.4, -0.2) is 17.8 Å². The third-order valence-corrected chi connectivity index (χ3v) is 4.59. The zero-order chi connectivity index (χ0) is 22.7. The van der Waals surface area contributed by atoms with E-state index in [1.54, 1.807) is 24.3 Å². The second-order valence-corrected chi connectivity index (χ2v) is 7.11. The first-order valence-electron chi connectivity index (χ1n) is 9.42. The van der Waals surface area contributed by atoms with E-state index < -0.39 is 11.9 Å². The summed E-state index contributed by atoms with van der Waals surface area (Å²) in [5.41, 5.74) is 1.02. The summed E-state index contributed by atoms with van der Waals surface area (Å²) in [6, 6.07) is 17.1. The number of nitrogens with zero attached hydrogens (tertiary/aromatic N) is 1. The third-order valence-electron chi connectivity index (χ3n) is 4.26. The SMILES string of the molecule is CC(=O)Oc1ccc(Cl)c(C2=N/C(=C\c3cccc(Oc4ccc(F)cc4)c3)C(=O)O2)c1. The van der Waals surface area contributed by atoms with Crippen LogP contribution < -0.4 is 9.47 Å². The van der Waals surface area contributed by atoms with Crippen molar-refractivity contribution >= 4 is 35.5 Å². The van der Waals surface area contributed by atoms with E-state index in [1.807, 2.05) is 0 Å². The van der Waals surface area contributed by atoms with Crippen molar-refractivity contribution in [3.8, 4) is 17.2 Å². The summed E-state index contributed by atoms with van der Waals surface area (Å²) in [5, 5.41) is 0.281. The van der Waals surface area contributed by atoms with Gasteiger partial charge in [0.2, 0.25) is 5.90 Å². The van der Waals surface area contributed by atoms with Gasteiger partial charge in [-0.2, -0.15) is 0 Å². The highest BCUT2D eigenvalue weighted by Crippen LogP contribution is 2.28. The average molecular weight is 452 g/mol. The van der Waals surface area contributed by atoms with Gasteiger partial charge in [0.25, 0.3) is 0 Å². The summed E-state index contributed by atoms with van der Waals surface area (Å²) < 4.78 is 29.1. The molecule has 1 heterocycles. The molecule has 1 aliphatic rings. The Bertz CT molecular complexity index is 1270. The van der Waals surface area contributed by atoms with Gasteiger partial charge in [0.05, 0.1) is 10.6 Å². The van der Waals surface area contributed by atoms with E-state index in [1.165, 1.54) is 55.5 Å². The lowest BCUT2D eigenvalue weighted by Gasteiger charge is -2.06. The molecule has 3 aromatic carbocycles. The van der Waals surface area contributed by atoms with Crippen molar-refractivity contribution in [2.75, 3.05) is 0 Å². The van der Waals surface area contributed by atoms with Crippen LogP contribution in [0.15, 0.2) is 77.4 Å². The maximum absolute atomic E-state index is 13.1. The first-order chi connectivity index (χ1) is 15.4. The Balaban J connectivity index is 1.59. The fraction of sp³-hybridized carbons (Fsp3) is 0.0417. The fourth-order valence-corrected chi connectivity index (χ4v) is 3.08. The van der Waals surface area contributed by atoms with Gasteiger partial charge in [0, 0.05) is 6.92 Å². The second-order valence-electron chi connectivity index (χ2n) is 6.70. The van der Waals surface area contributed by atoms with Crippen molar-refractivity contribution < 1.29 is 28.2 Å². The lowest BCUT2D eigenvalue weighted by molar-refractivity contribution is -0.132. The number of esters is 2. The number of hydrogen-bond donors (Lipinski definition) is 0. The quantitative estimate of drug-likeness (QED) is 0.289. The van der Waals surface area contributed by atoms with Gasteiger partial charge in [-0.1, -0.05) is 23.7 Å². The number of carbonyl (C=O) groups is 2. The molecule has 32 heavy (non-hydrogen) atoms. The van der Waals surface area contributed by atoms with Crippen LogP contribution in [0.4, 0.5) is 4.39 Å². The molecule has 1 aliphatic heterocycles. The highest BCUT2D eigenvalue weighted by Gasteiger charge is 2.26. The van der Waals surface area contributed by atoms with Crippen LogP contribution >= 0.6 is 11.6 Å². The number of hydrogen-bond acceptors (Lipinski definition) is 6. The average Bonchev–Trinajstić information content (AvgIpc) is 3.11. The molecule has 0 unspecified atom stereocenters. The molecule has 8 heteroatoms. The van der Waals surface area contributed by atoms with Gasteiger partial charge in [-0.15, -0.1) is 0 Å². The van der Waals surface area contributed by atoms with Crippen LogP contribution in [0.5, 0.6) is 17.2 Å². The molecule has 0 aromatic heterocycles. The topological polar surface area (TPSA) is 74.2 Å². The van der Waals surface area contributed by atoms with Gasteiger partial charge in [0.1, 0.15) is 23.1 Å². The molecule has 0 atom stereocenters. The number of halogens is 2. The van der Waals surface area contributed by atoms with Crippen LogP contribution in [0.2, 0.25) is 5.02 Å². The summed E-state index contributed by atoms with van der Waals surface area (Å²) in [5.74, 6) is -0.288. The van der Waals surface area contributed by atoms with E-state index in [2.05, 4.69) is 4.99 Å². The molecule has 0 saturated carbocycles. The zero-order valence-electron chi connectivity index (χ0n) is 16.7. The Hall–Kier alpha value is -3.97. The van der Waals surface area contributed by atoms with E-state index in [9.17, 15) is 14.0 Å². The van der Waals surface area contributed by atoms with Gasteiger partial charge in [0.15, 0.2) is 5.70 Å². The number of cyclic esters (lactones) is 1. The van der Waals surface area contributed by atoms with E-state index in [4.69, 9.17) is 25.8 Å². The number of carbonyl (C=O) groups excluding carboxylic acids is 2. The Kier molecular flexibility index (Phi) is 6.00. The summed E-state index contributed by atoms with van der Waals surface area (Å²) in [4.78, 5) is 27.8. The molecule has 0 saturated heterocycles. The summed E-state index contributed by atoms with van der Waals surface area (Å²) >= 11 is 6.20. The van der Waals surface area contributed by atoms with Crippen molar-refractivity contribution in [3.05, 3.63) is 94.4 Å². The number of aliphatic imine (C=N–C) groups is 1. The molecule has 0 aliphatic carbocycles. The fourth-order valence-electron chi connectivity index (χ4n) is 2.89. The molecule has 6 nitrogen and oxygen atoms in total. The first-order valence-corrected chi connectivity index (χ1v) is 9.79. The molecular formula is C24H15ClFNO5. The monoisotopic (exact) mass is 451 g/mol. The standard InChI is InChI=1S/C24H15ClFNO5/c1-14(28)30-19-9-10-21(25)20(13-19)23-27-22(24(29)32-23)12-15-3-2-4-18(11-15)31-17-7-5-16(26)6-8-17/h2-13H,1H3/b22-12-. The van der Waals surface area contributed by atoms with Crippen LogP contribution in [0.1, 0.15) is 18.1 Å². The highest BCUT2D eigenvalue weighted by atomic mass is 35.5. The number of rotatable bonds is 5. The van der Waals surface area contributed by atoms with Crippen molar-refractivity contribution in [2.24, 2.45) is 4.99 Å². The number of benzene rings is 3. The van der Waals surface area contributed by atoms with Gasteiger partial charge in [-0.3, -0.25) is 4.79 Å². The van der Waals surface area contributed by atoms with E-state index in [0.717, 1.165) is 0 Å². The highest BCUT2D eigenvalue weighted by molar-refractivity contribution is 6.34. The number of ether oxygens (including phenoxy) is 3. The zero-order valence-corrected chi connectivity index (χ0v) is 17.4. The summed E-state index contributed by atoms with van der Waals surface area (Å²) in [6.07, 6.45) is 1.54. The van der Waals surface area contributed by atoms with E-state index in [-0.39, 0.29) is 28.2 Å². The van der Waals surface area contributed by atoms with Crippen LogP contribution in [0.25, 0.3) is 6.08 Å². The normalized spacial score (nSPS) is 14.2. The summed E-state index contributed by atoms with van der Waals surface area (Å²) in [7, 11) is 0. The molecule has 160 valence electrons. The first kappa shape index (κ1) is 21.3. The molecule has 0 fully saturated rings. The largest absolute Gasteiger partial charge is 0.457 e. The van der Waals surface area contributed by atoms with E-state index in [0.29, 0.717) is 22.6 Å². The second kappa shape index (κ2) is 9.03. The molecule has 4 rings (SSSR count). The Labute approximate surface area is 187 Å². The Morgan fingerprint density at radius 2 is 1.78 bits per heavy atom. The van der Waals surface area contributed by atoms with Crippen molar-refractivity contribution in [2.45, 2.75) is 6.92 Å². The van der Waals surface area contributed by atoms with Gasteiger partial charge >= 0.3 is 11.9 Å². The lowest BCUT2D eigenvalue weighted by Crippen LogP contribution is -2.07. The lowest BCUT2D eigenvalue weighted by atomic mass is 10.2. The summed E-state index contributed by atoms with van der Waals surface area (Å²) in [6.45, 7) is 1.27. The Morgan fingerprint density at radius 3 is 2.53 bits per heavy atom. The molecule has 0 amide bonds.